The highest BCUT2D eigenvalue weighted by atomic mass is 127. The van der Waals surface area contributed by atoms with E-state index >= 15 is 0 Å². The van der Waals surface area contributed by atoms with Gasteiger partial charge in [0.25, 0.3) is 0 Å². The highest BCUT2D eigenvalue weighted by Crippen LogP contribution is 2.15. The lowest BCUT2D eigenvalue weighted by Crippen LogP contribution is -2.34. The maximum atomic E-state index is 5.66. The lowest BCUT2D eigenvalue weighted by Gasteiger charge is -2.03. The van der Waals surface area contributed by atoms with Crippen molar-refractivity contribution in [1.29, 1.82) is 0 Å². The van der Waals surface area contributed by atoms with Crippen molar-refractivity contribution in [3.63, 3.8) is 0 Å². The van der Waals surface area contributed by atoms with Gasteiger partial charge in [0.15, 0.2) is 5.96 Å². The molecule has 0 bridgehead atoms. The molecule has 0 radical (unpaired) electrons. The van der Waals surface area contributed by atoms with E-state index in [0.717, 1.165) is 0 Å². The van der Waals surface area contributed by atoms with Crippen LogP contribution in [0.5, 0.6) is 0 Å². The first-order chi connectivity index (χ1) is 7.22. The molecule has 1 aromatic rings. The fourth-order valence-electron chi connectivity index (χ4n) is 1.07. The van der Waals surface area contributed by atoms with Crippen molar-refractivity contribution in [2.24, 2.45) is 10.7 Å². The molecule has 0 spiro atoms. The molecule has 3 N–H and O–H groups in total. The van der Waals surface area contributed by atoms with Crippen LogP contribution in [-0.2, 0) is 11.3 Å². The predicted molar refractivity (Wildman–Crippen MR) is 79.7 cm³/mol. The van der Waals surface area contributed by atoms with E-state index in [1.165, 1.54) is 9.75 Å². The number of aliphatic imine (C=N–C) groups is 1. The van der Waals surface area contributed by atoms with Crippen molar-refractivity contribution in [1.82, 2.24) is 5.32 Å². The molecular weight excluding hydrogens is 337 g/mol. The number of hydrogen-bond donors (Lipinski definition) is 2. The smallest absolute Gasteiger partial charge is 0.189 e. The van der Waals surface area contributed by atoms with Crippen LogP contribution in [0.1, 0.15) is 9.75 Å². The summed E-state index contributed by atoms with van der Waals surface area (Å²) in [4.78, 5) is 6.74. The summed E-state index contributed by atoms with van der Waals surface area (Å²) >= 11 is 1.74. The minimum atomic E-state index is 0. The molecule has 0 aliphatic rings. The fourth-order valence-corrected chi connectivity index (χ4v) is 1.89. The molecule has 1 aromatic heterocycles. The molecular formula is C10H18IN3OS. The average Bonchev–Trinajstić information content (AvgIpc) is 2.62. The molecule has 1 rings (SSSR count). The van der Waals surface area contributed by atoms with Gasteiger partial charge in [-0.2, -0.15) is 0 Å². The van der Waals surface area contributed by atoms with Gasteiger partial charge in [-0.3, -0.25) is 0 Å². The zero-order valence-corrected chi connectivity index (χ0v) is 12.7. The second-order valence-electron chi connectivity index (χ2n) is 3.13. The van der Waals surface area contributed by atoms with Crippen LogP contribution in [0.15, 0.2) is 17.1 Å². The highest BCUT2D eigenvalue weighted by Gasteiger charge is 1.95. The summed E-state index contributed by atoms with van der Waals surface area (Å²) in [5.74, 6) is 0.470. The zero-order valence-electron chi connectivity index (χ0n) is 9.53. The van der Waals surface area contributed by atoms with Crippen LogP contribution in [0.2, 0.25) is 0 Å². The molecule has 0 amide bonds. The molecule has 16 heavy (non-hydrogen) atoms. The van der Waals surface area contributed by atoms with Crippen LogP contribution in [0.4, 0.5) is 0 Å². The van der Waals surface area contributed by atoms with Crippen LogP contribution < -0.4 is 11.1 Å². The van der Waals surface area contributed by atoms with E-state index in [0.29, 0.717) is 25.7 Å². The van der Waals surface area contributed by atoms with E-state index < -0.39 is 0 Å². The highest BCUT2D eigenvalue weighted by molar-refractivity contribution is 14.0. The zero-order chi connectivity index (χ0) is 11.1. The Morgan fingerprint density at radius 2 is 2.31 bits per heavy atom. The van der Waals surface area contributed by atoms with Gasteiger partial charge in [-0.1, -0.05) is 0 Å². The van der Waals surface area contributed by atoms with Crippen LogP contribution >= 0.6 is 35.3 Å². The topological polar surface area (TPSA) is 59.6 Å². The number of nitrogens with two attached hydrogens (primary N) is 1. The van der Waals surface area contributed by atoms with Crippen molar-refractivity contribution in [3.8, 4) is 0 Å². The van der Waals surface area contributed by atoms with Crippen LogP contribution in [0.25, 0.3) is 0 Å². The molecule has 0 aromatic carbocycles. The number of halogens is 1. The summed E-state index contributed by atoms with van der Waals surface area (Å²) in [6, 6.07) is 4.16. The Balaban J connectivity index is 0.00000225. The van der Waals surface area contributed by atoms with Gasteiger partial charge in [0, 0.05) is 23.4 Å². The number of aryl methyl sites for hydroxylation is 1. The van der Waals surface area contributed by atoms with Crippen molar-refractivity contribution in [3.05, 3.63) is 21.9 Å². The number of hydrogen-bond acceptors (Lipinski definition) is 3. The summed E-state index contributed by atoms with van der Waals surface area (Å²) in [6.45, 7) is 4.05. The Hall–Kier alpha value is -0.340. The van der Waals surface area contributed by atoms with Gasteiger partial charge in [-0.25, -0.2) is 4.99 Å². The Bertz CT molecular complexity index is 328. The SMILES string of the molecule is COCCNC(N)=NCc1ccc(C)s1.I. The van der Waals surface area contributed by atoms with Gasteiger partial charge in [-0.15, -0.1) is 35.3 Å². The Morgan fingerprint density at radius 1 is 1.56 bits per heavy atom. The third kappa shape index (κ3) is 6.29. The Kier molecular flexibility index (Phi) is 8.58. The summed E-state index contributed by atoms with van der Waals surface area (Å²) < 4.78 is 4.89. The van der Waals surface area contributed by atoms with Gasteiger partial charge in [0.05, 0.1) is 13.2 Å². The molecule has 0 aliphatic heterocycles. The molecule has 0 fully saturated rings. The number of guanidine groups is 1. The van der Waals surface area contributed by atoms with Crippen molar-refractivity contribution >= 4 is 41.3 Å². The van der Waals surface area contributed by atoms with E-state index in [9.17, 15) is 0 Å². The Morgan fingerprint density at radius 3 is 2.88 bits per heavy atom. The first kappa shape index (κ1) is 15.7. The number of ether oxygens (including phenoxy) is 1. The summed E-state index contributed by atoms with van der Waals surface area (Å²) in [7, 11) is 1.66. The minimum Gasteiger partial charge on any atom is -0.383 e. The maximum Gasteiger partial charge on any atom is 0.189 e. The number of nitrogens with one attached hydrogen (secondary N) is 1. The van der Waals surface area contributed by atoms with E-state index in [1.807, 2.05) is 0 Å². The van der Waals surface area contributed by atoms with Crippen molar-refractivity contribution < 1.29 is 4.74 Å². The van der Waals surface area contributed by atoms with Gasteiger partial charge < -0.3 is 15.8 Å². The molecule has 0 unspecified atom stereocenters. The number of nitrogens with zero attached hydrogens (tertiary/aromatic N) is 1. The molecule has 92 valence electrons. The largest absolute Gasteiger partial charge is 0.383 e. The van der Waals surface area contributed by atoms with Crippen molar-refractivity contribution in [2.75, 3.05) is 20.3 Å². The van der Waals surface area contributed by atoms with Gasteiger partial charge in [-0.05, 0) is 19.1 Å². The maximum absolute atomic E-state index is 5.66. The van der Waals surface area contributed by atoms with Crippen LogP contribution in [0.3, 0.4) is 0 Å². The van der Waals surface area contributed by atoms with Crippen molar-refractivity contribution in [2.45, 2.75) is 13.5 Å². The van der Waals surface area contributed by atoms with Gasteiger partial charge >= 0.3 is 0 Å². The average molecular weight is 355 g/mol. The lowest BCUT2D eigenvalue weighted by atomic mass is 10.4. The normalized spacial score (nSPS) is 11.0. The summed E-state index contributed by atoms with van der Waals surface area (Å²) in [5, 5.41) is 2.97. The second kappa shape index (κ2) is 8.77. The second-order valence-corrected chi connectivity index (χ2v) is 4.51. The van der Waals surface area contributed by atoms with E-state index in [-0.39, 0.29) is 24.0 Å². The van der Waals surface area contributed by atoms with Gasteiger partial charge in [0.1, 0.15) is 0 Å². The number of rotatable bonds is 5. The third-order valence-electron chi connectivity index (χ3n) is 1.81. The monoisotopic (exact) mass is 355 g/mol. The molecule has 0 saturated carbocycles. The predicted octanol–water partition coefficient (Wildman–Crippen LogP) is 1.73. The van der Waals surface area contributed by atoms with E-state index in [1.54, 1.807) is 18.4 Å². The molecule has 0 saturated heterocycles. The fraction of sp³-hybridized carbons (Fsp3) is 0.500. The first-order valence-corrected chi connectivity index (χ1v) is 5.62. The minimum absolute atomic E-state index is 0. The third-order valence-corrected chi connectivity index (χ3v) is 2.80. The van der Waals surface area contributed by atoms with Crippen LogP contribution in [-0.4, -0.2) is 26.2 Å². The molecule has 4 nitrogen and oxygen atoms in total. The Labute approximate surface area is 117 Å². The van der Waals surface area contributed by atoms with E-state index in [2.05, 4.69) is 29.4 Å². The number of thiophene rings is 1. The van der Waals surface area contributed by atoms with E-state index in [4.69, 9.17) is 10.5 Å². The molecule has 0 atom stereocenters. The first-order valence-electron chi connectivity index (χ1n) is 4.80. The van der Waals surface area contributed by atoms with Gasteiger partial charge in [0.2, 0.25) is 0 Å². The van der Waals surface area contributed by atoms with Crippen LogP contribution in [0, 0.1) is 6.92 Å². The lowest BCUT2D eigenvalue weighted by molar-refractivity contribution is 0.204. The summed E-state index contributed by atoms with van der Waals surface area (Å²) in [5.41, 5.74) is 5.66. The quantitative estimate of drug-likeness (QED) is 0.366. The standard InChI is InChI=1S/C10H17N3OS.HI/c1-8-3-4-9(15-8)7-13-10(11)12-5-6-14-2;/h3-4H,5-7H2,1-2H3,(H3,11,12,13);1H. The summed E-state index contributed by atoms with van der Waals surface area (Å²) in [6.07, 6.45) is 0. The molecule has 6 heteroatoms. The number of methoxy groups -OCH3 is 1. The molecule has 1 heterocycles. The molecule has 0 aliphatic carbocycles.